The lowest BCUT2D eigenvalue weighted by atomic mass is 9.98. The van der Waals surface area contributed by atoms with Crippen molar-refractivity contribution in [1.82, 2.24) is 9.97 Å². The van der Waals surface area contributed by atoms with Gasteiger partial charge < -0.3 is 9.72 Å². The van der Waals surface area contributed by atoms with Crippen molar-refractivity contribution in [2.45, 2.75) is 57.7 Å². The van der Waals surface area contributed by atoms with Crippen molar-refractivity contribution >= 4 is 25.8 Å². The summed E-state index contributed by atoms with van der Waals surface area (Å²) in [5.41, 5.74) is 2.99. The first-order chi connectivity index (χ1) is 11.6. The molecule has 1 N–H and O–H groups in total. The van der Waals surface area contributed by atoms with Crippen molar-refractivity contribution in [3.05, 3.63) is 29.6 Å². The zero-order valence-corrected chi connectivity index (χ0v) is 15.9. The quantitative estimate of drug-likeness (QED) is 0.650. The first kappa shape index (κ1) is 17.2. The summed E-state index contributed by atoms with van der Waals surface area (Å²) in [5, 5.41) is 0. The average Bonchev–Trinajstić information content (AvgIpc) is 2.97. The van der Waals surface area contributed by atoms with E-state index in [4.69, 9.17) is 9.72 Å². The molecule has 1 unspecified atom stereocenters. The van der Waals surface area contributed by atoms with Gasteiger partial charge in [0.15, 0.2) is 0 Å². The number of H-pyrrole nitrogens is 1. The van der Waals surface area contributed by atoms with E-state index in [1.807, 2.05) is 32.0 Å². The Hall–Kier alpha value is -1.62. The third-order valence-electron chi connectivity index (χ3n) is 5.14. The molecular formula is C19H27N2O2Si. The lowest BCUT2D eigenvalue weighted by Crippen LogP contribution is -2.19. The summed E-state index contributed by atoms with van der Waals surface area (Å²) in [7, 11) is -0.0433. The molecule has 3 rings (SSSR count). The Morgan fingerprint density at radius 2 is 2.17 bits per heavy atom. The summed E-state index contributed by atoms with van der Waals surface area (Å²) in [6.45, 7) is 6.60. The number of aromatic amines is 1. The van der Waals surface area contributed by atoms with Crippen LogP contribution < -0.4 is 0 Å². The molecule has 1 aliphatic rings. The molecule has 1 fully saturated rings. The molecule has 0 amide bonds. The lowest BCUT2D eigenvalue weighted by molar-refractivity contribution is -0.144. The first-order valence-corrected chi connectivity index (χ1v) is 11.4. The number of nitrogens with one attached hydrogen (secondary N) is 1. The Labute approximate surface area is 145 Å². The van der Waals surface area contributed by atoms with Gasteiger partial charge in [0.2, 0.25) is 0 Å². The molecule has 1 aliphatic heterocycles. The van der Waals surface area contributed by atoms with Gasteiger partial charge >= 0.3 is 5.97 Å². The molecule has 1 aromatic heterocycles. The van der Waals surface area contributed by atoms with Gasteiger partial charge in [-0.15, -0.1) is 0 Å². The molecule has 0 aliphatic carbocycles. The molecule has 5 heteroatoms. The van der Waals surface area contributed by atoms with Crippen LogP contribution in [0, 0.1) is 5.92 Å². The minimum Gasteiger partial charge on any atom is -0.466 e. The van der Waals surface area contributed by atoms with E-state index in [1.165, 1.54) is 24.9 Å². The van der Waals surface area contributed by atoms with Crippen LogP contribution in [0.4, 0.5) is 0 Å². The van der Waals surface area contributed by atoms with Crippen molar-refractivity contribution in [2.75, 3.05) is 6.61 Å². The highest BCUT2D eigenvalue weighted by atomic mass is 28.3. The highest BCUT2D eigenvalue weighted by Gasteiger charge is 2.21. The maximum Gasteiger partial charge on any atom is 0.313 e. The van der Waals surface area contributed by atoms with Crippen LogP contribution >= 0.6 is 0 Å². The van der Waals surface area contributed by atoms with E-state index in [1.54, 1.807) is 0 Å². The van der Waals surface area contributed by atoms with Gasteiger partial charge in [0, 0.05) is 15.2 Å². The van der Waals surface area contributed by atoms with Crippen molar-refractivity contribution in [3.8, 4) is 0 Å². The second-order valence-corrected chi connectivity index (χ2v) is 9.95. The Morgan fingerprint density at radius 3 is 2.88 bits per heavy atom. The van der Waals surface area contributed by atoms with E-state index in [9.17, 15) is 4.79 Å². The predicted octanol–water partition coefficient (Wildman–Crippen LogP) is 4.31. The van der Waals surface area contributed by atoms with E-state index in [0.29, 0.717) is 6.61 Å². The standard InChI is InChI=1S/C19H27N2O2Si/c1-4-23-19(22)13(2)15-5-6-16-17(12-15)21-18(20-16)11-14-7-9-24(3)10-8-14/h5-6,12-14H,4,7-11H2,1-3H3,(H,20,21). The number of benzene rings is 1. The molecule has 2 aromatic rings. The van der Waals surface area contributed by atoms with Crippen molar-refractivity contribution in [1.29, 1.82) is 0 Å². The second kappa shape index (κ2) is 7.51. The SMILES string of the molecule is CCOC(=O)C(C)c1ccc2nc(CC3CC[Si](C)CC3)[nH]c2c1. The number of hydrogen-bond acceptors (Lipinski definition) is 3. The summed E-state index contributed by atoms with van der Waals surface area (Å²) in [6, 6.07) is 8.92. The average molecular weight is 344 g/mol. The monoisotopic (exact) mass is 343 g/mol. The summed E-state index contributed by atoms with van der Waals surface area (Å²) in [4.78, 5) is 20.1. The van der Waals surface area contributed by atoms with Crippen molar-refractivity contribution < 1.29 is 9.53 Å². The molecule has 1 saturated heterocycles. The number of aromatic nitrogens is 2. The number of rotatable bonds is 5. The molecule has 1 radical (unpaired) electrons. The van der Waals surface area contributed by atoms with Gasteiger partial charge in [0.25, 0.3) is 0 Å². The fraction of sp³-hybridized carbons (Fsp3) is 0.579. The minimum absolute atomic E-state index is 0.0433. The van der Waals surface area contributed by atoms with Crippen LogP contribution in [-0.2, 0) is 16.0 Å². The molecule has 0 spiro atoms. The van der Waals surface area contributed by atoms with Crippen LogP contribution in [0.3, 0.4) is 0 Å². The van der Waals surface area contributed by atoms with Gasteiger partial charge in [0.05, 0.1) is 23.6 Å². The Bertz CT molecular complexity index is 704. The second-order valence-electron chi connectivity index (χ2n) is 7.04. The van der Waals surface area contributed by atoms with Gasteiger partial charge in [-0.05, 0) is 37.5 Å². The summed E-state index contributed by atoms with van der Waals surface area (Å²) in [6.07, 6.45) is 3.76. The number of carbonyl (C=O) groups excluding carboxylic acids is 1. The maximum absolute atomic E-state index is 11.9. The summed E-state index contributed by atoms with van der Waals surface area (Å²) >= 11 is 0. The third kappa shape index (κ3) is 3.89. The van der Waals surface area contributed by atoms with Crippen LogP contribution in [0.5, 0.6) is 0 Å². The number of imidazole rings is 1. The van der Waals surface area contributed by atoms with Crippen LogP contribution in [0.1, 0.15) is 44.0 Å². The number of ether oxygens (including phenoxy) is 1. The number of nitrogens with zero attached hydrogens (tertiary/aromatic N) is 1. The fourth-order valence-electron chi connectivity index (χ4n) is 3.50. The third-order valence-corrected chi connectivity index (χ3v) is 7.42. The molecular weight excluding hydrogens is 316 g/mol. The van der Waals surface area contributed by atoms with Crippen LogP contribution in [-0.4, -0.2) is 31.3 Å². The lowest BCUT2D eigenvalue weighted by Gasteiger charge is -2.24. The summed E-state index contributed by atoms with van der Waals surface area (Å²) in [5.74, 6) is 1.44. The van der Waals surface area contributed by atoms with Crippen molar-refractivity contribution in [2.24, 2.45) is 5.92 Å². The molecule has 0 saturated carbocycles. The van der Waals surface area contributed by atoms with Gasteiger partial charge in [-0.3, -0.25) is 4.79 Å². The Morgan fingerprint density at radius 1 is 1.42 bits per heavy atom. The normalized spacial score (nSPS) is 18.0. The smallest absolute Gasteiger partial charge is 0.313 e. The molecule has 0 bridgehead atoms. The molecule has 129 valence electrons. The fourth-order valence-corrected chi connectivity index (χ4v) is 5.55. The van der Waals surface area contributed by atoms with E-state index in [0.717, 1.165) is 34.8 Å². The molecule has 24 heavy (non-hydrogen) atoms. The molecule has 1 aromatic carbocycles. The van der Waals surface area contributed by atoms with Crippen LogP contribution in [0.15, 0.2) is 18.2 Å². The zero-order valence-electron chi connectivity index (χ0n) is 14.9. The summed E-state index contributed by atoms with van der Waals surface area (Å²) < 4.78 is 5.12. The van der Waals surface area contributed by atoms with Crippen LogP contribution in [0.25, 0.3) is 11.0 Å². The highest BCUT2D eigenvalue weighted by Crippen LogP contribution is 2.28. The molecule has 2 heterocycles. The van der Waals surface area contributed by atoms with E-state index < -0.39 is 0 Å². The van der Waals surface area contributed by atoms with E-state index >= 15 is 0 Å². The van der Waals surface area contributed by atoms with Crippen LogP contribution in [0.2, 0.25) is 18.6 Å². The first-order valence-electron chi connectivity index (χ1n) is 9.03. The Kier molecular flexibility index (Phi) is 5.39. The highest BCUT2D eigenvalue weighted by molar-refractivity contribution is 6.57. The van der Waals surface area contributed by atoms with E-state index in [2.05, 4.69) is 11.5 Å². The van der Waals surface area contributed by atoms with Gasteiger partial charge in [-0.2, -0.15) is 0 Å². The topological polar surface area (TPSA) is 55.0 Å². The number of hydrogen-bond donors (Lipinski definition) is 1. The maximum atomic E-state index is 11.9. The largest absolute Gasteiger partial charge is 0.466 e. The van der Waals surface area contributed by atoms with Gasteiger partial charge in [-0.25, -0.2) is 4.98 Å². The van der Waals surface area contributed by atoms with Gasteiger partial charge in [0.1, 0.15) is 5.82 Å². The number of esters is 1. The molecule has 4 nitrogen and oxygen atoms in total. The molecule has 1 atom stereocenters. The van der Waals surface area contributed by atoms with Gasteiger partial charge in [-0.1, -0.05) is 37.5 Å². The number of carbonyl (C=O) groups is 1. The Balaban J connectivity index is 1.73. The van der Waals surface area contributed by atoms with Crippen molar-refractivity contribution in [3.63, 3.8) is 0 Å². The zero-order chi connectivity index (χ0) is 17.1. The van der Waals surface area contributed by atoms with E-state index in [-0.39, 0.29) is 20.7 Å². The predicted molar refractivity (Wildman–Crippen MR) is 98.8 cm³/mol. The minimum atomic E-state index is -0.246. The number of fused-ring (bicyclic) bond motifs is 1.